The molecule has 0 spiro atoms. The molecule has 0 aliphatic carbocycles. The van der Waals surface area contributed by atoms with Crippen LogP contribution in [0.2, 0.25) is 0 Å². The Morgan fingerprint density at radius 1 is 1.38 bits per heavy atom. The summed E-state index contributed by atoms with van der Waals surface area (Å²) in [4.78, 5) is 7.98. The van der Waals surface area contributed by atoms with Crippen LogP contribution in [0.1, 0.15) is 16.8 Å². The first-order chi connectivity index (χ1) is 9.94. The van der Waals surface area contributed by atoms with Crippen LogP contribution in [0.5, 0.6) is 0 Å². The van der Waals surface area contributed by atoms with Crippen LogP contribution in [0.3, 0.4) is 0 Å². The minimum atomic E-state index is -3.64. The number of sulfonamides is 1. The number of hydrogen-bond donors (Lipinski definition) is 2. The number of nitrogens with two attached hydrogens (primary N) is 1. The van der Waals surface area contributed by atoms with E-state index in [-0.39, 0.29) is 18.0 Å². The number of benzene rings is 1. The van der Waals surface area contributed by atoms with Crippen LogP contribution < -0.4 is 10.5 Å². The molecule has 0 aliphatic rings. The molecule has 2 rings (SSSR count). The SMILES string of the molecule is Cc1c(Br)cc(CN)cc1S(=O)(=O)NCc1ccncn1. The van der Waals surface area contributed by atoms with Crippen LogP contribution in [0.15, 0.2) is 40.1 Å². The second-order valence-corrected chi connectivity index (χ2v) is 7.02. The van der Waals surface area contributed by atoms with Crippen molar-refractivity contribution in [3.63, 3.8) is 0 Å². The molecule has 8 heteroatoms. The summed E-state index contributed by atoms with van der Waals surface area (Å²) in [6.07, 6.45) is 2.94. The lowest BCUT2D eigenvalue weighted by Gasteiger charge is -2.12. The van der Waals surface area contributed by atoms with E-state index >= 15 is 0 Å². The van der Waals surface area contributed by atoms with Gasteiger partial charge < -0.3 is 5.73 Å². The first-order valence-corrected chi connectivity index (χ1v) is 8.45. The molecular formula is C13H15BrN4O2S. The lowest BCUT2D eigenvalue weighted by Crippen LogP contribution is -2.25. The maximum absolute atomic E-state index is 12.4. The fraction of sp³-hybridized carbons (Fsp3) is 0.231. The summed E-state index contributed by atoms with van der Waals surface area (Å²) >= 11 is 3.36. The molecule has 0 radical (unpaired) electrons. The summed E-state index contributed by atoms with van der Waals surface area (Å²) in [6.45, 7) is 2.12. The van der Waals surface area contributed by atoms with Crippen molar-refractivity contribution in [3.05, 3.63) is 52.0 Å². The Labute approximate surface area is 132 Å². The Kier molecular flexibility index (Phi) is 5.04. The highest BCUT2D eigenvalue weighted by atomic mass is 79.9. The van der Waals surface area contributed by atoms with Gasteiger partial charge in [-0.2, -0.15) is 0 Å². The molecular weight excluding hydrogens is 356 g/mol. The zero-order valence-corrected chi connectivity index (χ0v) is 13.8. The van der Waals surface area contributed by atoms with E-state index in [1.807, 2.05) is 6.07 Å². The second-order valence-electron chi connectivity index (χ2n) is 4.43. The summed E-state index contributed by atoms with van der Waals surface area (Å²) in [7, 11) is -3.64. The summed E-state index contributed by atoms with van der Waals surface area (Å²) in [5, 5.41) is 0. The Bertz CT molecular complexity index is 735. The summed E-state index contributed by atoms with van der Waals surface area (Å²) in [6, 6.07) is 5.06. The quantitative estimate of drug-likeness (QED) is 0.830. The average Bonchev–Trinajstić information content (AvgIpc) is 2.48. The minimum Gasteiger partial charge on any atom is -0.326 e. The summed E-state index contributed by atoms with van der Waals surface area (Å²) < 4.78 is 28.1. The molecule has 1 aromatic carbocycles. The van der Waals surface area contributed by atoms with Crippen molar-refractivity contribution < 1.29 is 8.42 Å². The predicted octanol–water partition coefficient (Wildman–Crippen LogP) is 1.48. The smallest absolute Gasteiger partial charge is 0.241 e. The molecule has 3 N–H and O–H groups in total. The van der Waals surface area contributed by atoms with Gasteiger partial charge in [-0.1, -0.05) is 15.9 Å². The fourth-order valence-electron chi connectivity index (χ4n) is 1.77. The highest BCUT2D eigenvalue weighted by Crippen LogP contribution is 2.25. The third kappa shape index (κ3) is 3.85. The molecule has 112 valence electrons. The van der Waals surface area contributed by atoms with Crippen molar-refractivity contribution in [1.82, 2.24) is 14.7 Å². The van der Waals surface area contributed by atoms with Crippen molar-refractivity contribution in [2.24, 2.45) is 5.73 Å². The molecule has 0 aliphatic heterocycles. The Balaban J connectivity index is 2.29. The maximum Gasteiger partial charge on any atom is 0.241 e. The van der Waals surface area contributed by atoms with Crippen LogP contribution in [0, 0.1) is 6.92 Å². The van der Waals surface area contributed by atoms with Crippen molar-refractivity contribution in [3.8, 4) is 0 Å². The van der Waals surface area contributed by atoms with Crippen molar-refractivity contribution >= 4 is 26.0 Å². The third-order valence-electron chi connectivity index (χ3n) is 2.97. The normalized spacial score (nSPS) is 11.6. The number of halogens is 1. The average molecular weight is 371 g/mol. The summed E-state index contributed by atoms with van der Waals surface area (Å²) in [5.41, 5.74) is 7.58. The molecule has 0 bridgehead atoms. The zero-order valence-electron chi connectivity index (χ0n) is 11.4. The van der Waals surface area contributed by atoms with Gasteiger partial charge >= 0.3 is 0 Å². The molecule has 0 atom stereocenters. The number of aromatic nitrogens is 2. The number of nitrogens with one attached hydrogen (secondary N) is 1. The van der Waals surface area contributed by atoms with Crippen molar-refractivity contribution in [1.29, 1.82) is 0 Å². The largest absolute Gasteiger partial charge is 0.326 e. The first kappa shape index (κ1) is 16.0. The van der Waals surface area contributed by atoms with E-state index in [0.29, 0.717) is 15.7 Å². The van der Waals surface area contributed by atoms with Gasteiger partial charge in [-0.25, -0.2) is 23.1 Å². The minimum absolute atomic E-state index is 0.106. The molecule has 0 fully saturated rings. The van der Waals surface area contributed by atoms with Crippen molar-refractivity contribution in [2.45, 2.75) is 24.9 Å². The molecule has 0 amide bonds. The van der Waals surface area contributed by atoms with Crippen LogP contribution in [0.4, 0.5) is 0 Å². The van der Waals surface area contributed by atoms with Gasteiger partial charge in [-0.05, 0) is 36.2 Å². The summed E-state index contributed by atoms with van der Waals surface area (Å²) in [5.74, 6) is 0. The Morgan fingerprint density at radius 3 is 2.76 bits per heavy atom. The molecule has 2 aromatic rings. The van der Waals surface area contributed by atoms with E-state index in [1.54, 1.807) is 25.3 Å². The lowest BCUT2D eigenvalue weighted by molar-refractivity contribution is 0.579. The number of nitrogens with zero attached hydrogens (tertiary/aromatic N) is 2. The van der Waals surface area contributed by atoms with Gasteiger partial charge in [0.1, 0.15) is 6.33 Å². The highest BCUT2D eigenvalue weighted by molar-refractivity contribution is 9.10. The van der Waals surface area contributed by atoms with E-state index < -0.39 is 10.0 Å². The van der Waals surface area contributed by atoms with Crippen LogP contribution in [0.25, 0.3) is 0 Å². The van der Waals surface area contributed by atoms with E-state index in [0.717, 1.165) is 5.56 Å². The van der Waals surface area contributed by atoms with Gasteiger partial charge in [0.2, 0.25) is 10.0 Å². The Morgan fingerprint density at radius 2 is 2.14 bits per heavy atom. The topological polar surface area (TPSA) is 98.0 Å². The Hall–Kier alpha value is -1.35. The zero-order chi connectivity index (χ0) is 15.5. The van der Waals surface area contributed by atoms with Crippen LogP contribution in [-0.4, -0.2) is 18.4 Å². The predicted molar refractivity (Wildman–Crippen MR) is 82.8 cm³/mol. The molecule has 1 heterocycles. The van der Waals surface area contributed by atoms with Crippen molar-refractivity contribution in [2.75, 3.05) is 0 Å². The molecule has 6 nitrogen and oxygen atoms in total. The van der Waals surface area contributed by atoms with Gasteiger partial charge in [0.05, 0.1) is 17.1 Å². The standard InChI is InChI=1S/C13H15BrN4O2S/c1-9-12(14)4-10(6-15)5-13(9)21(19,20)18-7-11-2-3-16-8-17-11/h2-5,8,18H,6-7,15H2,1H3. The molecule has 0 saturated heterocycles. The lowest BCUT2D eigenvalue weighted by atomic mass is 10.1. The van der Waals surface area contributed by atoms with E-state index in [2.05, 4.69) is 30.6 Å². The van der Waals surface area contributed by atoms with Gasteiger partial charge in [0, 0.05) is 17.2 Å². The van der Waals surface area contributed by atoms with Crippen LogP contribution in [-0.2, 0) is 23.1 Å². The second kappa shape index (κ2) is 6.61. The molecule has 0 saturated carbocycles. The number of rotatable bonds is 5. The van der Waals surface area contributed by atoms with Gasteiger partial charge in [0.15, 0.2) is 0 Å². The monoisotopic (exact) mass is 370 g/mol. The molecule has 0 unspecified atom stereocenters. The van der Waals surface area contributed by atoms with Gasteiger partial charge in [-0.15, -0.1) is 0 Å². The van der Waals surface area contributed by atoms with E-state index in [1.165, 1.54) is 6.33 Å². The van der Waals surface area contributed by atoms with E-state index in [9.17, 15) is 8.42 Å². The first-order valence-electron chi connectivity index (χ1n) is 6.17. The van der Waals surface area contributed by atoms with E-state index in [4.69, 9.17) is 5.73 Å². The molecule has 21 heavy (non-hydrogen) atoms. The van der Waals surface area contributed by atoms with Gasteiger partial charge in [-0.3, -0.25) is 0 Å². The van der Waals surface area contributed by atoms with Gasteiger partial charge in [0.25, 0.3) is 0 Å². The van der Waals surface area contributed by atoms with Crippen LogP contribution >= 0.6 is 15.9 Å². The third-order valence-corrected chi connectivity index (χ3v) is 5.32. The molecule has 1 aromatic heterocycles. The fourth-order valence-corrected chi connectivity index (χ4v) is 3.73. The number of hydrogen-bond acceptors (Lipinski definition) is 5. The maximum atomic E-state index is 12.4. The highest BCUT2D eigenvalue weighted by Gasteiger charge is 2.19.